The lowest BCUT2D eigenvalue weighted by atomic mass is 10.1. The van der Waals surface area contributed by atoms with E-state index in [1.807, 2.05) is 19.1 Å². The number of carbonyl (C=O) groups is 2. The number of hydrogen-bond acceptors (Lipinski definition) is 2. The largest absolute Gasteiger partial charge is 0.478 e. The molecule has 2 unspecified atom stereocenters. The Kier molecular flexibility index (Phi) is 3.69. The Morgan fingerprint density at radius 1 is 1.42 bits per heavy atom. The number of hydrogen-bond donors (Lipinski definition) is 2. The van der Waals surface area contributed by atoms with Crippen molar-refractivity contribution in [3.63, 3.8) is 0 Å². The molecule has 2 rings (SSSR count). The second-order valence-electron chi connectivity index (χ2n) is 5.05. The maximum atomic E-state index is 11.9. The fourth-order valence-electron chi connectivity index (χ4n) is 1.96. The summed E-state index contributed by atoms with van der Waals surface area (Å²) in [4.78, 5) is 22.4. The Labute approximate surface area is 112 Å². The summed E-state index contributed by atoms with van der Waals surface area (Å²) in [5.41, 5.74) is 2.47. The molecule has 0 bridgehead atoms. The molecule has 1 aliphatic carbocycles. The fourth-order valence-corrected chi connectivity index (χ4v) is 1.96. The summed E-state index contributed by atoms with van der Waals surface area (Å²) in [6.07, 6.45) is 3.54. The lowest BCUT2D eigenvalue weighted by Crippen LogP contribution is -2.15. The van der Waals surface area contributed by atoms with Crippen molar-refractivity contribution in [1.29, 1.82) is 0 Å². The van der Waals surface area contributed by atoms with Crippen molar-refractivity contribution in [3.05, 3.63) is 35.4 Å². The van der Waals surface area contributed by atoms with Crippen molar-refractivity contribution >= 4 is 23.6 Å². The highest BCUT2D eigenvalue weighted by Gasteiger charge is 2.39. The van der Waals surface area contributed by atoms with Crippen LogP contribution >= 0.6 is 0 Å². The van der Waals surface area contributed by atoms with E-state index in [0.717, 1.165) is 29.3 Å². The van der Waals surface area contributed by atoms with Crippen LogP contribution in [0.1, 0.15) is 24.5 Å². The van der Waals surface area contributed by atoms with Gasteiger partial charge in [0.1, 0.15) is 0 Å². The molecule has 2 N–H and O–H groups in total. The Bertz CT molecular complexity index is 548. The highest BCUT2D eigenvalue weighted by molar-refractivity contribution is 5.95. The van der Waals surface area contributed by atoms with E-state index >= 15 is 0 Å². The van der Waals surface area contributed by atoms with Gasteiger partial charge in [-0.05, 0) is 42.5 Å². The molecule has 1 amide bonds. The lowest BCUT2D eigenvalue weighted by Gasteiger charge is -2.09. The van der Waals surface area contributed by atoms with Crippen LogP contribution in [0, 0.1) is 18.8 Å². The minimum atomic E-state index is -0.988. The van der Waals surface area contributed by atoms with Gasteiger partial charge in [0.25, 0.3) is 0 Å². The highest BCUT2D eigenvalue weighted by atomic mass is 16.4. The molecule has 19 heavy (non-hydrogen) atoms. The quantitative estimate of drug-likeness (QED) is 0.817. The number of carbonyl (C=O) groups excluding carboxylic acids is 1. The molecule has 1 saturated carbocycles. The summed E-state index contributed by atoms with van der Waals surface area (Å²) < 4.78 is 0. The van der Waals surface area contributed by atoms with Crippen LogP contribution in [0.3, 0.4) is 0 Å². The summed E-state index contributed by atoms with van der Waals surface area (Å²) in [7, 11) is 0. The average molecular weight is 259 g/mol. The number of nitrogens with one attached hydrogen (secondary N) is 1. The van der Waals surface area contributed by atoms with Crippen molar-refractivity contribution in [1.82, 2.24) is 0 Å². The standard InChI is InChI=1S/C15H17NO3/c1-9-3-4-11(5-6-14(17)18)8-13(9)16-15(19)12-7-10(12)2/h3-6,8,10,12H,7H2,1-2H3,(H,16,19)(H,17,18)/b6-5+. The lowest BCUT2D eigenvalue weighted by molar-refractivity contribution is -0.131. The van der Waals surface area contributed by atoms with Gasteiger partial charge in [0.05, 0.1) is 0 Å². The second-order valence-corrected chi connectivity index (χ2v) is 5.05. The minimum absolute atomic E-state index is 0.0509. The molecular formula is C15H17NO3. The first-order valence-electron chi connectivity index (χ1n) is 6.30. The smallest absolute Gasteiger partial charge is 0.328 e. The Hall–Kier alpha value is -2.10. The van der Waals surface area contributed by atoms with Crippen molar-refractivity contribution in [2.24, 2.45) is 11.8 Å². The number of carboxylic acid groups (broad SMARTS) is 1. The van der Waals surface area contributed by atoms with Gasteiger partial charge in [-0.25, -0.2) is 4.79 Å². The molecule has 0 saturated heterocycles. The number of amides is 1. The van der Waals surface area contributed by atoms with Gasteiger partial charge in [0.15, 0.2) is 0 Å². The summed E-state index contributed by atoms with van der Waals surface area (Å²) >= 11 is 0. The molecule has 1 aromatic rings. The van der Waals surface area contributed by atoms with Crippen molar-refractivity contribution in [2.75, 3.05) is 5.32 Å². The SMILES string of the molecule is Cc1ccc(/C=C/C(=O)O)cc1NC(=O)C1CC1C. The van der Waals surface area contributed by atoms with Gasteiger partial charge in [-0.2, -0.15) is 0 Å². The number of aliphatic carboxylic acids is 1. The third kappa shape index (κ3) is 3.44. The number of aryl methyl sites for hydroxylation is 1. The molecule has 1 aromatic carbocycles. The molecule has 0 heterocycles. The molecule has 4 heteroatoms. The second kappa shape index (κ2) is 5.26. The van der Waals surface area contributed by atoms with Crippen LogP contribution in [0.4, 0.5) is 5.69 Å². The Morgan fingerprint density at radius 2 is 2.11 bits per heavy atom. The zero-order chi connectivity index (χ0) is 14.0. The molecule has 0 spiro atoms. The molecule has 1 aliphatic rings. The monoisotopic (exact) mass is 259 g/mol. The van der Waals surface area contributed by atoms with E-state index in [2.05, 4.69) is 12.2 Å². The summed E-state index contributed by atoms with van der Waals surface area (Å²) in [5, 5.41) is 11.5. The first kappa shape index (κ1) is 13.3. The predicted octanol–water partition coefficient (Wildman–Crippen LogP) is 2.69. The molecule has 100 valence electrons. The minimum Gasteiger partial charge on any atom is -0.478 e. The van der Waals surface area contributed by atoms with E-state index in [4.69, 9.17) is 5.11 Å². The molecule has 0 radical (unpaired) electrons. The number of carboxylic acids is 1. The summed E-state index contributed by atoms with van der Waals surface area (Å²) in [5.74, 6) is -0.346. The number of anilines is 1. The third-order valence-corrected chi connectivity index (χ3v) is 3.38. The molecule has 0 aliphatic heterocycles. The van der Waals surface area contributed by atoms with Crippen LogP contribution in [-0.2, 0) is 9.59 Å². The zero-order valence-corrected chi connectivity index (χ0v) is 11.0. The van der Waals surface area contributed by atoms with Crippen LogP contribution in [0.2, 0.25) is 0 Å². The van der Waals surface area contributed by atoms with E-state index in [0.29, 0.717) is 5.92 Å². The van der Waals surface area contributed by atoms with Crippen molar-refractivity contribution < 1.29 is 14.7 Å². The van der Waals surface area contributed by atoms with Gasteiger partial charge < -0.3 is 10.4 Å². The third-order valence-electron chi connectivity index (χ3n) is 3.38. The van der Waals surface area contributed by atoms with E-state index in [1.165, 1.54) is 6.08 Å². The molecule has 4 nitrogen and oxygen atoms in total. The zero-order valence-electron chi connectivity index (χ0n) is 11.0. The van der Waals surface area contributed by atoms with Gasteiger partial charge in [0, 0.05) is 17.7 Å². The molecule has 2 atom stereocenters. The van der Waals surface area contributed by atoms with E-state index in [9.17, 15) is 9.59 Å². The van der Waals surface area contributed by atoms with E-state index in [1.54, 1.807) is 6.07 Å². The average Bonchev–Trinajstić information content (AvgIpc) is 3.07. The van der Waals surface area contributed by atoms with Crippen LogP contribution in [-0.4, -0.2) is 17.0 Å². The van der Waals surface area contributed by atoms with Crippen LogP contribution < -0.4 is 5.32 Å². The van der Waals surface area contributed by atoms with Crippen LogP contribution in [0.5, 0.6) is 0 Å². The van der Waals surface area contributed by atoms with E-state index < -0.39 is 5.97 Å². The molecule has 1 fully saturated rings. The predicted molar refractivity (Wildman–Crippen MR) is 73.7 cm³/mol. The Balaban J connectivity index is 2.13. The highest BCUT2D eigenvalue weighted by Crippen LogP contribution is 2.38. The van der Waals surface area contributed by atoms with Crippen molar-refractivity contribution in [2.45, 2.75) is 20.3 Å². The molecule has 0 aromatic heterocycles. The Morgan fingerprint density at radius 3 is 2.68 bits per heavy atom. The van der Waals surface area contributed by atoms with Gasteiger partial charge in [-0.15, -0.1) is 0 Å². The van der Waals surface area contributed by atoms with Gasteiger partial charge in [0.2, 0.25) is 5.91 Å². The topological polar surface area (TPSA) is 66.4 Å². The summed E-state index contributed by atoms with van der Waals surface area (Å²) in [6, 6.07) is 5.48. The van der Waals surface area contributed by atoms with Gasteiger partial charge >= 0.3 is 5.97 Å². The van der Waals surface area contributed by atoms with E-state index in [-0.39, 0.29) is 11.8 Å². The van der Waals surface area contributed by atoms with Crippen molar-refractivity contribution in [3.8, 4) is 0 Å². The first-order valence-corrected chi connectivity index (χ1v) is 6.30. The maximum absolute atomic E-state index is 11.9. The van der Waals surface area contributed by atoms with Crippen LogP contribution in [0.25, 0.3) is 6.08 Å². The van der Waals surface area contributed by atoms with Crippen LogP contribution in [0.15, 0.2) is 24.3 Å². The maximum Gasteiger partial charge on any atom is 0.328 e. The first-order chi connectivity index (χ1) is 8.97. The fraction of sp³-hybridized carbons (Fsp3) is 0.333. The number of rotatable bonds is 4. The normalized spacial score (nSPS) is 21.4. The van der Waals surface area contributed by atoms with Gasteiger partial charge in [-0.3, -0.25) is 4.79 Å². The van der Waals surface area contributed by atoms with Gasteiger partial charge in [-0.1, -0.05) is 19.1 Å². The molecular weight excluding hydrogens is 242 g/mol. The number of benzene rings is 1. The summed E-state index contributed by atoms with van der Waals surface area (Å²) in [6.45, 7) is 3.97.